The van der Waals surface area contributed by atoms with E-state index in [1.165, 1.54) is 0 Å². The number of aromatic nitrogens is 1. The highest BCUT2D eigenvalue weighted by atomic mass is 35.5. The van der Waals surface area contributed by atoms with Crippen LogP contribution in [0.2, 0.25) is 5.02 Å². The van der Waals surface area contributed by atoms with Crippen molar-refractivity contribution in [2.75, 3.05) is 17.8 Å². The number of nitrogens with zero attached hydrogens (tertiary/aromatic N) is 2. The van der Waals surface area contributed by atoms with Gasteiger partial charge in [0, 0.05) is 36.5 Å². The third-order valence-electron chi connectivity index (χ3n) is 5.92. The lowest BCUT2D eigenvalue weighted by molar-refractivity contribution is 0.0692. The molecule has 2 heterocycles. The Bertz CT molecular complexity index is 1050. The first-order valence-electron chi connectivity index (χ1n) is 9.77. The second-order valence-corrected chi connectivity index (χ2v) is 10.0. The third-order valence-corrected chi connectivity index (χ3v) is 7.68. The molecule has 0 aliphatic carbocycles. The standard InChI is InChI=1S/C21H28ClN3O3S/c1-13-8-10-25(11-9-13)21(26)19-15(3)24(5)16(4)20(19)29(27,28)23-18-12-17(22)7-6-14(18)2/h6-7,12-13,23H,8-11H2,1-5H3. The Morgan fingerprint density at radius 1 is 1.14 bits per heavy atom. The molecule has 0 radical (unpaired) electrons. The Kier molecular flexibility index (Phi) is 6.01. The van der Waals surface area contributed by atoms with Gasteiger partial charge in [-0.3, -0.25) is 9.52 Å². The van der Waals surface area contributed by atoms with E-state index in [0.29, 0.717) is 41.1 Å². The van der Waals surface area contributed by atoms with Gasteiger partial charge in [-0.25, -0.2) is 8.42 Å². The van der Waals surface area contributed by atoms with Crippen molar-refractivity contribution in [1.82, 2.24) is 9.47 Å². The Hall–Kier alpha value is -1.99. The van der Waals surface area contributed by atoms with Crippen LogP contribution in [0.3, 0.4) is 0 Å². The molecule has 1 aromatic carbocycles. The van der Waals surface area contributed by atoms with Gasteiger partial charge in [0.05, 0.1) is 11.3 Å². The monoisotopic (exact) mass is 437 g/mol. The van der Waals surface area contributed by atoms with Gasteiger partial charge in [-0.15, -0.1) is 0 Å². The van der Waals surface area contributed by atoms with Gasteiger partial charge in [-0.05, 0) is 57.2 Å². The molecular weight excluding hydrogens is 410 g/mol. The third kappa shape index (κ3) is 4.16. The molecule has 29 heavy (non-hydrogen) atoms. The highest BCUT2D eigenvalue weighted by Crippen LogP contribution is 2.31. The number of halogens is 1. The fraction of sp³-hybridized carbons (Fsp3) is 0.476. The van der Waals surface area contributed by atoms with E-state index in [-0.39, 0.29) is 16.4 Å². The largest absolute Gasteiger partial charge is 0.350 e. The zero-order valence-electron chi connectivity index (χ0n) is 17.5. The maximum Gasteiger partial charge on any atom is 0.264 e. The van der Waals surface area contributed by atoms with E-state index < -0.39 is 10.0 Å². The second-order valence-electron chi connectivity index (χ2n) is 7.97. The van der Waals surface area contributed by atoms with Crippen LogP contribution in [-0.4, -0.2) is 36.9 Å². The quantitative estimate of drug-likeness (QED) is 0.776. The van der Waals surface area contributed by atoms with Gasteiger partial charge in [-0.1, -0.05) is 24.6 Å². The number of nitrogens with one attached hydrogen (secondary N) is 1. The van der Waals surface area contributed by atoms with Gasteiger partial charge in [0.25, 0.3) is 15.9 Å². The first kappa shape index (κ1) is 21.7. The number of benzene rings is 1. The summed E-state index contributed by atoms with van der Waals surface area (Å²) in [6.45, 7) is 8.78. The molecule has 3 rings (SSSR count). The number of sulfonamides is 1. The van der Waals surface area contributed by atoms with Crippen molar-refractivity contribution in [2.24, 2.45) is 13.0 Å². The van der Waals surface area contributed by atoms with Gasteiger partial charge < -0.3 is 9.47 Å². The molecule has 1 amide bonds. The van der Waals surface area contributed by atoms with Gasteiger partial charge in [0.2, 0.25) is 0 Å². The van der Waals surface area contributed by atoms with Crippen LogP contribution in [-0.2, 0) is 17.1 Å². The summed E-state index contributed by atoms with van der Waals surface area (Å²) in [5, 5.41) is 0.438. The first-order valence-corrected chi connectivity index (χ1v) is 11.6. The number of hydrogen-bond donors (Lipinski definition) is 1. The minimum Gasteiger partial charge on any atom is -0.350 e. The van der Waals surface area contributed by atoms with E-state index in [1.807, 2.05) is 0 Å². The van der Waals surface area contributed by atoms with Crippen LogP contribution in [0.1, 0.15) is 47.1 Å². The molecule has 1 aromatic heterocycles. The molecule has 2 aromatic rings. The Labute approximate surface area is 177 Å². The maximum atomic E-state index is 13.4. The number of carbonyl (C=O) groups excluding carboxylic acids is 1. The van der Waals surface area contributed by atoms with E-state index in [2.05, 4.69) is 11.6 Å². The van der Waals surface area contributed by atoms with E-state index in [1.54, 1.807) is 55.5 Å². The van der Waals surface area contributed by atoms with Crippen LogP contribution in [0.25, 0.3) is 0 Å². The molecule has 0 bridgehead atoms. The van der Waals surface area contributed by atoms with Crippen LogP contribution in [0.4, 0.5) is 5.69 Å². The predicted molar refractivity (Wildman–Crippen MR) is 116 cm³/mol. The zero-order chi connectivity index (χ0) is 21.5. The lowest BCUT2D eigenvalue weighted by Crippen LogP contribution is -2.38. The number of carbonyl (C=O) groups is 1. The van der Waals surface area contributed by atoms with Crippen LogP contribution >= 0.6 is 11.6 Å². The zero-order valence-corrected chi connectivity index (χ0v) is 19.1. The molecule has 1 saturated heterocycles. The molecule has 0 saturated carbocycles. The molecular formula is C21H28ClN3O3S. The van der Waals surface area contributed by atoms with Crippen molar-refractivity contribution in [2.45, 2.75) is 45.4 Å². The normalized spacial score (nSPS) is 15.6. The SMILES string of the molecule is Cc1ccc(Cl)cc1NS(=O)(=O)c1c(C(=O)N2CCC(C)CC2)c(C)n(C)c1C. The minimum absolute atomic E-state index is 0.0421. The molecule has 1 N–H and O–H groups in total. The van der Waals surface area contributed by atoms with Gasteiger partial charge in [0.1, 0.15) is 4.90 Å². The molecule has 0 spiro atoms. The van der Waals surface area contributed by atoms with Crippen LogP contribution in [0.5, 0.6) is 0 Å². The fourth-order valence-corrected chi connectivity index (χ4v) is 5.58. The van der Waals surface area contributed by atoms with Crippen molar-refractivity contribution in [3.63, 3.8) is 0 Å². The first-order chi connectivity index (χ1) is 13.5. The summed E-state index contributed by atoms with van der Waals surface area (Å²) in [6.07, 6.45) is 1.86. The van der Waals surface area contributed by atoms with Crippen molar-refractivity contribution in [3.05, 3.63) is 45.7 Å². The molecule has 0 atom stereocenters. The van der Waals surface area contributed by atoms with E-state index in [0.717, 1.165) is 18.4 Å². The molecule has 1 aliphatic heterocycles. The van der Waals surface area contributed by atoms with Crippen LogP contribution in [0, 0.1) is 26.7 Å². The highest BCUT2D eigenvalue weighted by molar-refractivity contribution is 7.92. The lowest BCUT2D eigenvalue weighted by atomic mass is 9.98. The Morgan fingerprint density at radius 2 is 1.76 bits per heavy atom. The molecule has 1 fully saturated rings. The Morgan fingerprint density at radius 3 is 2.38 bits per heavy atom. The summed E-state index contributed by atoms with van der Waals surface area (Å²) in [7, 11) is -2.21. The Balaban J connectivity index is 2.06. The van der Waals surface area contributed by atoms with Gasteiger partial charge in [-0.2, -0.15) is 0 Å². The van der Waals surface area contributed by atoms with Crippen molar-refractivity contribution in [1.29, 1.82) is 0 Å². The number of rotatable bonds is 4. The van der Waals surface area contributed by atoms with Crippen molar-refractivity contribution in [3.8, 4) is 0 Å². The number of aryl methyl sites for hydroxylation is 1. The van der Waals surface area contributed by atoms with E-state index in [4.69, 9.17) is 11.6 Å². The van der Waals surface area contributed by atoms with Crippen molar-refractivity contribution >= 4 is 33.2 Å². The van der Waals surface area contributed by atoms with E-state index >= 15 is 0 Å². The molecule has 8 heteroatoms. The summed E-state index contributed by atoms with van der Waals surface area (Å²) in [5.41, 5.74) is 2.59. The van der Waals surface area contributed by atoms with E-state index in [9.17, 15) is 13.2 Å². The maximum absolute atomic E-state index is 13.4. The molecule has 158 valence electrons. The van der Waals surface area contributed by atoms with Crippen LogP contribution < -0.4 is 4.72 Å². The number of hydrogen-bond acceptors (Lipinski definition) is 3. The number of piperidine rings is 1. The topological polar surface area (TPSA) is 71.4 Å². The summed E-state index contributed by atoms with van der Waals surface area (Å²) >= 11 is 6.05. The average molecular weight is 438 g/mol. The molecule has 6 nitrogen and oxygen atoms in total. The molecule has 0 unspecified atom stereocenters. The average Bonchev–Trinajstić information content (AvgIpc) is 2.89. The highest BCUT2D eigenvalue weighted by Gasteiger charge is 2.34. The van der Waals surface area contributed by atoms with Crippen molar-refractivity contribution < 1.29 is 13.2 Å². The summed E-state index contributed by atoms with van der Waals surface area (Å²) in [4.78, 5) is 15.1. The summed E-state index contributed by atoms with van der Waals surface area (Å²) in [6, 6.07) is 5.04. The van der Waals surface area contributed by atoms with Crippen LogP contribution in [0.15, 0.2) is 23.1 Å². The minimum atomic E-state index is -3.99. The molecule has 1 aliphatic rings. The second kappa shape index (κ2) is 8.03. The lowest BCUT2D eigenvalue weighted by Gasteiger charge is -2.30. The number of amides is 1. The summed E-state index contributed by atoms with van der Waals surface area (Å²) < 4.78 is 31.1. The smallest absolute Gasteiger partial charge is 0.264 e. The van der Waals surface area contributed by atoms with Gasteiger partial charge >= 0.3 is 0 Å². The summed E-state index contributed by atoms with van der Waals surface area (Å²) in [5.74, 6) is 0.356. The predicted octanol–water partition coefficient (Wildman–Crippen LogP) is 4.28. The number of likely N-dealkylation sites (tertiary alicyclic amines) is 1. The number of anilines is 1. The fourth-order valence-electron chi connectivity index (χ4n) is 3.77. The van der Waals surface area contributed by atoms with Gasteiger partial charge in [0.15, 0.2) is 0 Å².